The molecule has 1 aromatic carbocycles. The fourth-order valence-corrected chi connectivity index (χ4v) is 3.17. The molecule has 1 N–H and O–H groups in total. The number of aliphatic imine (C=N–C) groups is 1. The van der Waals surface area contributed by atoms with E-state index in [1.165, 1.54) is 32.2 Å². The average molecular weight is 376 g/mol. The Balaban J connectivity index is 2.63. The molecule has 9 nitrogen and oxygen atoms in total. The maximum absolute atomic E-state index is 12.7. The van der Waals surface area contributed by atoms with Crippen LogP contribution in [0.5, 0.6) is 0 Å². The van der Waals surface area contributed by atoms with E-state index < -0.39 is 28.7 Å². The third-order valence-electron chi connectivity index (χ3n) is 4.30. The molecule has 0 fully saturated rings. The van der Waals surface area contributed by atoms with Crippen LogP contribution in [0.15, 0.2) is 40.5 Å². The van der Waals surface area contributed by atoms with Gasteiger partial charge in [0.25, 0.3) is 5.69 Å². The zero-order valence-electron chi connectivity index (χ0n) is 15.2. The first kappa shape index (κ1) is 20.2. The lowest BCUT2D eigenvalue weighted by Crippen LogP contribution is -2.35. The monoisotopic (exact) mass is 376 g/mol. The summed E-state index contributed by atoms with van der Waals surface area (Å²) in [4.78, 5) is 39.6. The van der Waals surface area contributed by atoms with Gasteiger partial charge in [-0.15, -0.1) is 0 Å². The molecule has 1 aromatic rings. The Bertz CT molecular complexity index is 829. The van der Waals surface area contributed by atoms with Gasteiger partial charge in [-0.3, -0.25) is 19.9 Å². The van der Waals surface area contributed by atoms with E-state index in [0.29, 0.717) is 0 Å². The summed E-state index contributed by atoms with van der Waals surface area (Å²) in [5, 5.41) is 21.2. The molecule has 27 heavy (non-hydrogen) atoms. The zero-order chi connectivity index (χ0) is 20.1. The van der Waals surface area contributed by atoms with E-state index in [9.17, 15) is 24.8 Å². The predicted molar refractivity (Wildman–Crippen MR) is 95.6 cm³/mol. The molecule has 0 bridgehead atoms. The molecular weight excluding hydrogens is 356 g/mol. The molecule has 1 aliphatic heterocycles. The number of carboxylic acids is 1. The number of carbonyl (C=O) groups is 2. The van der Waals surface area contributed by atoms with Crippen LogP contribution in [-0.2, 0) is 19.1 Å². The van der Waals surface area contributed by atoms with Gasteiger partial charge in [0.2, 0.25) is 0 Å². The van der Waals surface area contributed by atoms with Crippen LogP contribution in [0, 0.1) is 16.0 Å². The van der Waals surface area contributed by atoms with Crippen molar-refractivity contribution < 1.29 is 29.1 Å². The number of carboxylic acid groups (broad SMARTS) is 1. The first-order valence-corrected chi connectivity index (χ1v) is 8.17. The minimum atomic E-state index is -1.23. The lowest BCUT2D eigenvalue weighted by atomic mass is 9.75. The summed E-state index contributed by atoms with van der Waals surface area (Å²) in [7, 11) is 1.45. The summed E-state index contributed by atoms with van der Waals surface area (Å²) >= 11 is 0. The summed E-state index contributed by atoms with van der Waals surface area (Å²) in [6.07, 6.45) is 0. The van der Waals surface area contributed by atoms with E-state index in [0.717, 1.165) is 0 Å². The van der Waals surface area contributed by atoms with Crippen LogP contribution in [0.1, 0.15) is 25.3 Å². The fraction of sp³-hybridized carbons (Fsp3) is 0.389. The Hall–Kier alpha value is -3.07. The van der Waals surface area contributed by atoms with Crippen LogP contribution in [0.25, 0.3) is 0 Å². The molecule has 1 heterocycles. The summed E-state index contributed by atoms with van der Waals surface area (Å²) in [5.74, 6) is -4.30. The standard InChI is InChI=1S/C18H20N2O7/c1-10-14(17(21)22)16(12-6-4-5-7-13(12)20(24)25)15(11(2)19-10)18(23)27-9-8-26-3/h4-7,14,16H,8-9H2,1-3H3,(H,21,22). The quantitative estimate of drug-likeness (QED) is 0.335. The third kappa shape index (κ3) is 4.20. The minimum Gasteiger partial charge on any atom is -0.481 e. The highest BCUT2D eigenvalue weighted by Crippen LogP contribution is 2.42. The highest BCUT2D eigenvalue weighted by atomic mass is 16.6. The number of nitrogens with zero attached hydrogens (tertiary/aromatic N) is 2. The minimum absolute atomic E-state index is 0.00148. The molecule has 9 heteroatoms. The van der Waals surface area contributed by atoms with Crippen molar-refractivity contribution in [3.05, 3.63) is 51.2 Å². The molecule has 1 aliphatic rings. The van der Waals surface area contributed by atoms with Crippen LogP contribution in [0.3, 0.4) is 0 Å². The van der Waals surface area contributed by atoms with Gasteiger partial charge in [-0.25, -0.2) is 4.79 Å². The van der Waals surface area contributed by atoms with Crippen LogP contribution in [-0.4, -0.2) is 48.0 Å². The second-order valence-electron chi connectivity index (χ2n) is 5.99. The molecule has 0 saturated carbocycles. The van der Waals surface area contributed by atoms with Gasteiger partial charge in [0.1, 0.15) is 12.5 Å². The number of carbonyl (C=O) groups excluding carboxylic acids is 1. The number of esters is 1. The number of rotatable bonds is 7. The third-order valence-corrected chi connectivity index (χ3v) is 4.30. The average Bonchev–Trinajstić information content (AvgIpc) is 2.60. The Labute approximate surface area is 155 Å². The van der Waals surface area contributed by atoms with Gasteiger partial charge >= 0.3 is 11.9 Å². The number of ether oxygens (including phenoxy) is 2. The molecule has 0 radical (unpaired) electrons. The number of nitro benzene ring substituents is 1. The van der Waals surface area contributed by atoms with Crippen molar-refractivity contribution in [3.63, 3.8) is 0 Å². The number of nitro groups is 1. The van der Waals surface area contributed by atoms with Gasteiger partial charge in [0.05, 0.1) is 17.1 Å². The molecule has 0 amide bonds. The molecule has 144 valence electrons. The van der Waals surface area contributed by atoms with Crippen molar-refractivity contribution in [2.75, 3.05) is 20.3 Å². The highest BCUT2D eigenvalue weighted by Gasteiger charge is 2.44. The Morgan fingerprint density at radius 2 is 1.93 bits per heavy atom. The van der Waals surface area contributed by atoms with Crippen molar-refractivity contribution in [2.45, 2.75) is 19.8 Å². The lowest BCUT2D eigenvalue weighted by Gasteiger charge is -2.30. The summed E-state index contributed by atoms with van der Waals surface area (Å²) < 4.78 is 9.99. The number of allylic oxidation sites excluding steroid dienone is 1. The van der Waals surface area contributed by atoms with Crippen molar-refractivity contribution in [3.8, 4) is 0 Å². The predicted octanol–water partition coefficient (Wildman–Crippen LogP) is 2.32. The highest BCUT2D eigenvalue weighted by molar-refractivity contribution is 6.06. The zero-order valence-corrected chi connectivity index (χ0v) is 15.2. The van der Waals surface area contributed by atoms with E-state index in [4.69, 9.17) is 9.47 Å². The van der Waals surface area contributed by atoms with Crippen molar-refractivity contribution in [2.24, 2.45) is 10.9 Å². The molecule has 0 spiro atoms. The maximum Gasteiger partial charge on any atom is 0.336 e. The summed E-state index contributed by atoms with van der Waals surface area (Å²) in [6.45, 7) is 3.21. The van der Waals surface area contributed by atoms with E-state index in [-0.39, 0.29) is 41.4 Å². The van der Waals surface area contributed by atoms with Gasteiger partial charge in [0.15, 0.2) is 0 Å². The van der Waals surface area contributed by atoms with Gasteiger partial charge in [0, 0.05) is 36.1 Å². The Morgan fingerprint density at radius 1 is 1.26 bits per heavy atom. The molecule has 2 atom stereocenters. The molecule has 2 unspecified atom stereocenters. The first-order valence-electron chi connectivity index (χ1n) is 8.17. The van der Waals surface area contributed by atoms with Crippen molar-refractivity contribution in [1.82, 2.24) is 0 Å². The lowest BCUT2D eigenvalue weighted by molar-refractivity contribution is -0.385. The first-order chi connectivity index (χ1) is 12.8. The van der Waals surface area contributed by atoms with Crippen LogP contribution >= 0.6 is 0 Å². The number of methoxy groups -OCH3 is 1. The van der Waals surface area contributed by atoms with E-state index in [1.54, 1.807) is 13.0 Å². The number of aliphatic carboxylic acids is 1. The molecular formula is C18H20N2O7. The fourth-order valence-electron chi connectivity index (χ4n) is 3.17. The number of benzene rings is 1. The molecule has 2 rings (SSSR count). The summed E-state index contributed by atoms with van der Waals surface area (Å²) in [5.41, 5.74) is 0.395. The Morgan fingerprint density at radius 3 is 2.52 bits per heavy atom. The van der Waals surface area contributed by atoms with Crippen molar-refractivity contribution >= 4 is 23.3 Å². The molecule has 0 aromatic heterocycles. The van der Waals surface area contributed by atoms with E-state index in [1.807, 2.05) is 0 Å². The number of para-hydroxylation sites is 1. The van der Waals surface area contributed by atoms with Crippen LogP contribution in [0.4, 0.5) is 5.69 Å². The molecule has 0 saturated heterocycles. The second kappa shape index (κ2) is 8.54. The number of hydrogen-bond acceptors (Lipinski definition) is 7. The van der Waals surface area contributed by atoms with E-state index >= 15 is 0 Å². The van der Waals surface area contributed by atoms with E-state index in [2.05, 4.69) is 4.99 Å². The van der Waals surface area contributed by atoms with Gasteiger partial charge in [-0.2, -0.15) is 0 Å². The van der Waals surface area contributed by atoms with Gasteiger partial charge in [-0.1, -0.05) is 18.2 Å². The largest absolute Gasteiger partial charge is 0.481 e. The van der Waals surface area contributed by atoms with Crippen LogP contribution in [0.2, 0.25) is 0 Å². The van der Waals surface area contributed by atoms with Gasteiger partial charge < -0.3 is 14.6 Å². The second-order valence-corrected chi connectivity index (χ2v) is 5.99. The Kier molecular flexibility index (Phi) is 6.40. The maximum atomic E-state index is 12.7. The van der Waals surface area contributed by atoms with Crippen LogP contribution < -0.4 is 0 Å². The van der Waals surface area contributed by atoms with Crippen molar-refractivity contribution in [1.29, 1.82) is 0 Å². The summed E-state index contributed by atoms with van der Waals surface area (Å²) in [6, 6.07) is 5.77. The SMILES string of the molecule is COCCOC(=O)C1=C(C)N=C(C)C(C(=O)O)C1c1ccccc1[N+](=O)[O-]. The molecule has 0 aliphatic carbocycles. The topological polar surface area (TPSA) is 128 Å². The normalized spacial score (nSPS) is 19.4. The van der Waals surface area contributed by atoms with Gasteiger partial charge in [-0.05, 0) is 13.8 Å². The number of hydrogen-bond donors (Lipinski definition) is 1. The smallest absolute Gasteiger partial charge is 0.336 e.